The van der Waals surface area contributed by atoms with Gasteiger partial charge in [-0.2, -0.15) is 0 Å². The molecule has 2 N–H and O–H groups in total. The molecule has 1 aliphatic heterocycles. The van der Waals surface area contributed by atoms with E-state index in [-0.39, 0.29) is 36.1 Å². The van der Waals surface area contributed by atoms with Gasteiger partial charge in [-0.1, -0.05) is 89.7 Å². The van der Waals surface area contributed by atoms with Crippen LogP contribution in [0.5, 0.6) is 17.2 Å². The first-order valence-corrected chi connectivity index (χ1v) is 20.7. The van der Waals surface area contributed by atoms with Crippen LogP contribution in [0.25, 0.3) is 11.0 Å². The molecule has 5 aromatic rings. The van der Waals surface area contributed by atoms with Crippen LogP contribution in [0.15, 0.2) is 83.8 Å². The minimum atomic E-state index is -3.73. The standard InChI is InChI=1S/C42H48N4O6S2/c1-25(2)30-21-34(26(3)4)40(35(22-30)27(5)6)54(49,50)43-19-18-28-8-14-32(15-9-28)52-33-16-17-36-37(23-33)46(7)39(44-36)24-51-31-12-10-29(11-13-31)20-38-41(47)45-42(48)53-38/h8-17,21-23,25-27,38,43H,18-20,24H2,1-7H3,(H,45,47,48). The summed E-state index contributed by atoms with van der Waals surface area (Å²) >= 11 is 1.02. The molecule has 2 heterocycles. The molecule has 0 spiro atoms. The summed E-state index contributed by atoms with van der Waals surface area (Å²) in [5.74, 6) is 2.94. The molecule has 1 aliphatic rings. The number of aryl methyl sites for hydroxylation is 1. The van der Waals surface area contributed by atoms with Crippen molar-refractivity contribution in [2.75, 3.05) is 6.54 Å². The van der Waals surface area contributed by atoms with Gasteiger partial charge in [0.25, 0.3) is 5.24 Å². The van der Waals surface area contributed by atoms with E-state index < -0.39 is 15.3 Å². The maximum absolute atomic E-state index is 13.7. The number of imidazole rings is 1. The molecule has 4 aromatic carbocycles. The predicted molar refractivity (Wildman–Crippen MR) is 214 cm³/mol. The molecule has 0 saturated carbocycles. The predicted octanol–water partition coefficient (Wildman–Crippen LogP) is 8.73. The summed E-state index contributed by atoms with van der Waals surface area (Å²) in [5, 5.41) is 1.61. The highest BCUT2D eigenvalue weighted by Gasteiger charge is 2.31. The van der Waals surface area contributed by atoms with E-state index in [1.165, 1.54) is 0 Å². The summed E-state index contributed by atoms with van der Waals surface area (Å²) in [6.45, 7) is 13.0. The van der Waals surface area contributed by atoms with E-state index in [9.17, 15) is 18.0 Å². The number of hydrogen-bond acceptors (Lipinski definition) is 8. The Morgan fingerprint density at radius 2 is 1.43 bits per heavy atom. The Morgan fingerprint density at radius 3 is 2.02 bits per heavy atom. The van der Waals surface area contributed by atoms with Gasteiger partial charge < -0.3 is 14.0 Å². The number of hydrogen-bond donors (Lipinski definition) is 2. The molecule has 284 valence electrons. The zero-order chi connectivity index (χ0) is 38.7. The number of amides is 2. The number of thioether (sulfide) groups is 1. The number of fused-ring (bicyclic) bond motifs is 1. The maximum atomic E-state index is 13.7. The highest BCUT2D eigenvalue weighted by atomic mass is 32.2. The smallest absolute Gasteiger partial charge is 0.286 e. The minimum absolute atomic E-state index is 0.0697. The average molecular weight is 769 g/mol. The first-order chi connectivity index (χ1) is 25.7. The van der Waals surface area contributed by atoms with Crippen LogP contribution in [-0.2, 0) is 41.3 Å². The molecule has 1 aromatic heterocycles. The van der Waals surface area contributed by atoms with Crippen LogP contribution in [-0.4, -0.2) is 40.9 Å². The molecule has 0 aliphatic carbocycles. The number of nitrogens with one attached hydrogen (secondary N) is 2. The van der Waals surface area contributed by atoms with Crippen molar-refractivity contribution in [2.24, 2.45) is 7.05 Å². The van der Waals surface area contributed by atoms with Crippen LogP contribution in [0, 0.1) is 0 Å². The van der Waals surface area contributed by atoms with Crippen LogP contribution in [0.3, 0.4) is 0 Å². The van der Waals surface area contributed by atoms with E-state index in [1.807, 2.05) is 106 Å². The van der Waals surface area contributed by atoms with Crippen molar-refractivity contribution < 1.29 is 27.5 Å². The number of benzene rings is 4. The van der Waals surface area contributed by atoms with Gasteiger partial charge in [0.1, 0.15) is 29.7 Å². The third kappa shape index (κ3) is 8.99. The van der Waals surface area contributed by atoms with E-state index >= 15 is 0 Å². The van der Waals surface area contributed by atoms with Gasteiger partial charge in [0.2, 0.25) is 15.9 Å². The van der Waals surface area contributed by atoms with Crippen LogP contribution >= 0.6 is 11.8 Å². The number of sulfonamides is 1. The van der Waals surface area contributed by atoms with Crippen molar-refractivity contribution in [3.63, 3.8) is 0 Å². The summed E-state index contributed by atoms with van der Waals surface area (Å²) in [4.78, 5) is 28.5. The second-order valence-electron chi connectivity index (χ2n) is 14.6. The fourth-order valence-electron chi connectivity index (χ4n) is 6.49. The molecular weight excluding hydrogens is 721 g/mol. The monoisotopic (exact) mass is 768 g/mol. The van der Waals surface area contributed by atoms with E-state index in [4.69, 9.17) is 14.5 Å². The largest absolute Gasteiger partial charge is 0.486 e. The SMILES string of the molecule is CC(C)c1cc(C(C)C)c(S(=O)(=O)NCCc2ccc(Oc3ccc4nc(COc5ccc(CC6SC(=O)NC6=O)cc5)n(C)c4c3)cc2)c(C(C)C)c1. The molecule has 1 fully saturated rings. The highest BCUT2D eigenvalue weighted by Crippen LogP contribution is 2.35. The maximum Gasteiger partial charge on any atom is 0.286 e. The zero-order valence-electron chi connectivity index (χ0n) is 31.8. The Balaban J connectivity index is 1.05. The number of imide groups is 1. The molecular formula is C42H48N4O6S2. The Hall–Kier alpha value is -4.65. The van der Waals surface area contributed by atoms with Crippen LogP contribution < -0.4 is 19.5 Å². The second-order valence-corrected chi connectivity index (χ2v) is 17.5. The lowest BCUT2D eigenvalue weighted by molar-refractivity contribution is -0.118. The normalized spacial score (nSPS) is 14.8. The van der Waals surface area contributed by atoms with Gasteiger partial charge in [-0.3, -0.25) is 14.9 Å². The van der Waals surface area contributed by atoms with E-state index in [0.29, 0.717) is 40.9 Å². The van der Waals surface area contributed by atoms with Crippen molar-refractivity contribution in [1.29, 1.82) is 0 Å². The first kappa shape index (κ1) is 39.1. The number of rotatable bonds is 15. The molecule has 10 nitrogen and oxygen atoms in total. The summed E-state index contributed by atoms with van der Waals surface area (Å²) in [5.41, 5.74) is 6.54. The summed E-state index contributed by atoms with van der Waals surface area (Å²) in [6.07, 6.45) is 1.01. The molecule has 1 unspecified atom stereocenters. The number of carbonyl (C=O) groups is 2. The Morgan fingerprint density at radius 1 is 0.815 bits per heavy atom. The number of nitrogens with zero attached hydrogens (tertiary/aromatic N) is 2. The fraction of sp³-hybridized carbons (Fsp3) is 0.357. The van der Waals surface area contributed by atoms with Gasteiger partial charge in [0.15, 0.2) is 0 Å². The summed E-state index contributed by atoms with van der Waals surface area (Å²) < 4.78 is 44.6. The van der Waals surface area contributed by atoms with Crippen LogP contribution in [0.4, 0.5) is 4.79 Å². The number of aromatic nitrogens is 2. The van der Waals surface area contributed by atoms with Crippen LogP contribution in [0.1, 0.15) is 92.9 Å². The van der Waals surface area contributed by atoms with Crippen molar-refractivity contribution >= 4 is 44.0 Å². The van der Waals surface area contributed by atoms with E-state index in [2.05, 4.69) is 36.0 Å². The average Bonchev–Trinajstić information content (AvgIpc) is 3.62. The van der Waals surface area contributed by atoms with Crippen molar-refractivity contribution in [2.45, 2.75) is 88.9 Å². The van der Waals surface area contributed by atoms with Gasteiger partial charge in [-0.15, -0.1) is 0 Å². The number of carbonyl (C=O) groups excluding carboxylic acids is 2. The Bertz CT molecular complexity index is 2230. The molecule has 2 amide bonds. The second kappa shape index (κ2) is 16.4. The van der Waals surface area contributed by atoms with Crippen molar-refractivity contribution in [3.05, 3.63) is 113 Å². The first-order valence-electron chi connectivity index (χ1n) is 18.3. The van der Waals surface area contributed by atoms with E-state index in [1.54, 1.807) is 0 Å². The third-order valence-electron chi connectivity index (χ3n) is 9.64. The van der Waals surface area contributed by atoms with Crippen LogP contribution in [0.2, 0.25) is 0 Å². The Labute approximate surface area is 322 Å². The molecule has 0 radical (unpaired) electrons. The minimum Gasteiger partial charge on any atom is -0.486 e. The fourth-order valence-corrected chi connectivity index (χ4v) is 9.07. The van der Waals surface area contributed by atoms with Gasteiger partial charge in [0, 0.05) is 19.7 Å². The molecule has 12 heteroatoms. The highest BCUT2D eigenvalue weighted by molar-refractivity contribution is 8.15. The lowest BCUT2D eigenvalue weighted by Gasteiger charge is -2.23. The Kier molecular flexibility index (Phi) is 11.8. The third-order valence-corrected chi connectivity index (χ3v) is 12.2. The van der Waals surface area contributed by atoms with Crippen molar-refractivity contribution in [1.82, 2.24) is 19.6 Å². The molecule has 1 atom stereocenters. The summed E-state index contributed by atoms with van der Waals surface area (Å²) in [6, 6.07) is 25.0. The zero-order valence-corrected chi connectivity index (χ0v) is 33.4. The van der Waals surface area contributed by atoms with Gasteiger partial charge in [0.05, 0.1) is 21.2 Å². The quantitative estimate of drug-likeness (QED) is 0.108. The van der Waals surface area contributed by atoms with Gasteiger partial charge in [-0.25, -0.2) is 18.1 Å². The molecule has 6 rings (SSSR count). The molecule has 0 bridgehead atoms. The molecule has 54 heavy (non-hydrogen) atoms. The lowest BCUT2D eigenvalue weighted by atomic mass is 9.89. The number of ether oxygens (including phenoxy) is 2. The molecule has 1 saturated heterocycles. The van der Waals surface area contributed by atoms with Gasteiger partial charge >= 0.3 is 0 Å². The summed E-state index contributed by atoms with van der Waals surface area (Å²) in [7, 11) is -1.80. The topological polar surface area (TPSA) is 129 Å². The van der Waals surface area contributed by atoms with Crippen molar-refractivity contribution in [3.8, 4) is 17.2 Å². The van der Waals surface area contributed by atoms with Gasteiger partial charge in [-0.05, 0) is 94.8 Å². The van der Waals surface area contributed by atoms with E-state index in [0.717, 1.165) is 56.4 Å². The lowest BCUT2D eigenvalue weighted by Crippen LogP contribution is -2.28.